The fourth-order valence-electron chi connectivity index (χ4n) is 2.29. The largest absolute Gasteiger partial charge is 0.469 e. The molecule has 1 atom stereocenters. The Balaban J connectivity index is 2.35. The highest BCUT2D eigenvalue weighted by Crippen LogP contribution is 2.33. The second-order valence-corrected chi connectivity index (χ2v) is 5.39. The summed E-state index contributed by atoms with van der Waals surface area (Å²) in [5.74, 6) is -0.0974. The minimum absolute atomic E-state index is 0.00372. The predicted molar refractivity (Wildman–Crippen MR) is 65.3 cm³/mol. The third kappa shape index (κ3) is 3.48. The number of rotatable bonds is 4. The topological polar surface area (TPSA) is 29.5 Å². The molecule has 3 heteroatoms. The van der Waals surface area contributed by atoms with Crippen molar-refractivity contribution in [3.63, 3.8) is 0 Å². The van der Waals surface area contributed by atoms with Gasteiger partial charge < -0.3 is 9.64 Å². The molecule has 3 nitrogen and oxygen atoms in total. The van der Waals surface area contributed by atoms with Crippen molar-refractivity contribution in [2.24, 2.45) is 11.3 Å². The molecule has 0 aromatic rings. The summed E-state index contributed by atoms with van der Waals surface area (Å²) in [5.41, 5.74) is 0.519. The van der Waals surface area contributed by atoms with E-state index in [0.29, 0.717) is 5.41 Å². The lowest BCUT2D eigenvalue weighted by atomic mass is 9.78. The van der Waals surface area contributed by atoms with E-state index in [4.69, 9.17) is 4.74 Å². The van der Waals surface area contributed by atoms with Crippen molar-refractivity contribution in [1.29, 1.82) is 0 Å². The Labute approximate surface area is 99.1 Å². The van der Waals surface area contributed by atoms with Crippen LogP contribution in [0.4, 0.5) is 0 Å². The van der Waals surface area contributed by atoms with Gasteiger partial charge in [-0.25, -0.2) is 0 Å². The van der Waals surface area contributed by atoms with E-state index in [1.165, 1.54) is 26.4 Å². The van der Waals surface area contributed by atoms with Crippen LogP contribution in [0.15, 0.2) is 0 Å². The molecule has 1 rings (SSSR count). The summed E-state index contributed by atoms with van der Waals surface area (Å²) in [4.78, 5) is 13.7. The molecule has 1 saturated heterocycles. The van der Waals surface area contributed by atoms with Gasteiger partial charge in [0.2, 0.25) is 0 Å². The predicted octanol–water partition coefficient (Wildman–Crippen LogP) is 2.31. The molecule has 0 N–H and O–H groups in total. The van der Waals surface area contributed by atoms with Gasteiger partial charge in [0.25, 0.3) is 0 Å². The average Bonchev–Trinajstić information content (AvgIpc) is 2.31. The molecule has 0 aromatic carbocycles. The van der Waals surface area contributed by atoms with Crippen LogP contribution in [0.1, 0.15) is 40.0 Å². The quantitative estimate of drug-likeness (QED) is 0.690. The van der Waals surface area contributed by atoms with Gasteiger partial charge in [-0.15, -0.1) is 0 Å². The monoisotopic (exact) mass is 227 g/mol. The van der Waals surface area contributed by atoms with Crippen molar-refractivity contribution in [2.75, 3.05) is 26.7 Å². The first-order chi connectivity index (χ1) is 7.50. The first kappa shape index (κ1) is 13.5. The molecule has 1 unspecified atom stereocenters. The van der Waals surface area contributed by atoms with Crippen LogP contribution in [-0.4, -0.2) is 37.6 Å². The molecule has 0 amide bonds. The lowest BCUT2D eigenvalue weighted by Gasteiger charge is -2.39. The highest BCUT2D eigenvalue weighted by molar-refractivity contribution is 5.72. The van der Waals surface area contributed by atoms with Gasteiger partial charge in [0.05, 0.1) is 13.0 Å². The number of ether oxygens (including phenoxy) is 1. The molecular formula is C13H25NO2. The van der Waals surface area contributed by atoms with Gasteiger partial charge >= 0.3 is 5.97 Å². The SMILES string of the molecule is CCC1(C)CCN(CC(C)C(=O)OC)CC1. The Kier molecular flexibility index (Phi) is 4.78. The number of methoxy groups -OCH3 is 1. The van der Waals surface area contributed by atoms with Gasteiger partial charge in [-0.05, 0) is 31.3 Å². The third-order valence-electron chi connectivity index (χ3n) is 4.05. The zero-order valence-corrected chi connectivity index (χ0v) is 11.1. The average molecular weight is 227 g/mol. The summed E-state index contributed by atoms with van der Waals surface area (Å²) in [6.45, 7) is 9.66. The number of esters is 1. The fraction of sp³-hybridized carbons (Fsp3) is 0.923. The summed E-state index contributed by atoms with van der Waals surface area (Å²) < 4.78 is 4.75. The van der Waals surface area contributed by atoms with Crippen LogP contribution in [0.5, 0.6) is 0 Å². The summed E-state index contributed by atoms with van der Waals surface area (Å²) in [7, 11) is 1.46. The van der Waals surface area contributed by atoms with Crippen LogP contribution >= 0.6 is 0 Å². The maximum atomic E-state index is 11.3. The number of piperidine rings is 1. The summed E-state index contributed by atoms with van der Waals surface area (Å²) in [6.07, 6.45) is 3.75. The molecule has 0 bridgehead atoms. The van der Waals surface area contributed by atoms with E-state index in [1.54, 1.807) is 0 Å². The van der Waals surface area contributed by atoms with E-state index in [2.05, 4.69) is 18.7 Å². The first-order valence-electron chi connectivity index (χ1n) is 6.31. The van der Waals surface area contributed by atoms with Crippen molar-refractivity contribution >= 4 is 5.97 Å². The smallest absolute Gasteiger partial charge is 0.309 e. The minimum atomic E-state index is -0.0937. The maximum Gasteiger partial charge on any atom is 0.309 e. The molecular weight excluding hydrogens is 202 g/mol. The fourth-order valence-corrected chi connectivity index (χ4v) is 2.29. The molecule has 94 valence electrons. The van der Waals surface area contributed by atoms with Gasteiger partial charge in [-0.1, -0.05) is 27.2 Å². The van der Waals surface area contributed by atoms with Crippen LogP contribution in [0.3, 0.4) is 0 Å². The highest BCUT2D eigenvalue weighted by atomic mass is 16.5. The Morgan fingerprint density at radius 3 is 2.44 bits per heavy atom. The molecule has 0 radical (unpaired) electrons. The van der Waals surface area contributed by atoms with E-state index in [9.17, 15) is 4.79 Å². The summed E-state index contributed by atoms with van der Waals surface area (Å²) in [5, 5.41) is 0. The van der Waals surface area contributed by atoms with Crippen molar-refractivity contribution in [2.45, 2.75) is 40.0 Å². The lowest BCUT2D eigenvalue weighted by molar-refractivity contribution is -0.145. The molecule has 0 saturated carbocycles. The molecule has 1 heterocycles. The van der Waals surface area contributed by atoms with Crippen molar-refractivity contribution in [3.05, 3.63) is 0 Å². The minimum Gasteiger partial charge on any atom is -0.469 e. The number of carbonyl (C=O) groups is 1. The highest BCUT2D eigenvalue weighted by Gasteiger charge is 2.29. The second kappa shape index (κ2) is 5.67. The van der Waals surface area contributed by atoms with Gasteiger partial charge in [-0.3, -0.25) is 4.79 Å². The van der Waals surface area contributed by atoms with E-state index in [1.807, 2.05) is 6.92 Å². The van der Waals surface area contributed by atoms with Gasteiger partial charge in [-0.2, -0.15) is 0 Å². The molecule has 1 aliphatic rings. The maximum absolute atomic E-state index is 11.3. The molecule has 0 aromatic heterocycles. The zero-order chi connectivity index (χ0) is 12.2. The number of nitrogens with zero attached hydrogens (tertiary/aromatic N) is 1. The summed E-state index contributed by atoms with van der Waals surface area (Å²) >= 11 is 0. The number of hydrogen-bond donors (Lipinski definition) is 0. The Hall–Kier alpha value is -0.570. The third-order valence-corrected chi connectivity index (χ3v) is 4.05. The van der Waals surface area contributed by atoms with Crippen LogP contribution in [0.25, 0.3) is 0 Å². The molecule has 1 fully saturated rings. The van der Waals surface area contributed by atoms with Crippen LogP contribution in [0.2, 0.25) is 0 Å². The summed E-state index contributed by atoms with van der Waals surface area (Å²) in [6, 6.07) is 0. The van der Waals surface area contributed by atoms with Gasteiger partial charge in [0.15, 0.2) is 0 Å². The van der Waals surface area contributed by atoms with E-state index < -0.39 is 0 Å². The first-order valence-corrected chi connectivity index (χ1v) is 6.31. The molecule has 0 spiro atoms. The second-order valence-electron chi connectivity index (χ2n) is 5.39. The molecule has 0 aliphatic carbocycles. The van der Waals surface area contributed by atoms with Gasteiger partial charge in [0, 0.05) is 6.54 Å². The molecule has 16 heavy (non-hydrogen) atoms. The number of likely N-dealkylation sites (tertiary alicyclic amines) is 1. The van der Waals surface area contributed by atoms with Crippen molar-refractivity contribution in [3.8, 4) is 0 Å². The Morgan fingerprint density at radius 1 is 1.44 bits per heavy atom. The van der Waals surface area contributed by atoms with Gasteiger partial charge in [0.1, 0.15) is 0 Å². The van der Waals surface area contributed by atoms with Crippen molar-refractivity contribution in [1.82, 2.24) is 4.90 Å². The van der Waals surface area contributed by atoms with E-state index in [-0.39, 0.29) is 11.9 Å². The zero-order valence-electron chi connectivity index (χ0n) is 11.1. The van der Waals surface area contributed by atoms with Crippen LogP contribution in [0, 0.1) is 11.3 Å². The Bertz CT molecular complexity index is 232. The van der Waals surface area contributed by atoms with Crippen LogP contribution in [-0.2, 0) is 9.53 Å². The Morgan fingerprint density at radius 2 is 2.00 bits per heavy atom. The van der Waals surface area contributed by atoms with Crippen molar-refractivity contribution < 1.29 is 9.53 Å². The lowest BCUT2D eigenvalue weighted by Crippen LogP contribution is -2.41. The number of carbonyl (C=O) groups excluding carboxylic acids is 1. The van der Waals surface area contributed by atoms with Crippen LogP contribution < -0.4 is 0 Å². The standard InChI is InChI=1S/C13H25NO2/c1-5-13(3)6-8-14(9-7-13)10-11(2)12(15)16-4/h11H,5-10H2,1-4H3. The van der Waals surface area contributed by atoms with E-state index >= 15 is 0 Å². The molecule has 1 aliphatic heterocycles. The number of hydrogen-bond acceptors (Lipinski definition) is 3. The van der Waals surface area contributed by atoms with E-state index in [0.717, 1.165) is 19.6 Å². The normalized spacial score (nSPS) is 22.8.